The van der Waals surface area contributed by atoms with Crippen LogP contribution in [0.1, 0.15) is 34.8 Å². The van der Waals surface area contributed by atoms with Gasteiger partial charge in [-0.3, -0.25) is 9.36 Å². The number of benzene rings is 1. The van der Waals surface area contributed by atoms with E-state index < -0.39 is 0 Å². The molecule has 3 aromatic rings. The Bertz CT molecular complexity index is 908. The summed E-state index contributed by atoms with van der Waals surface area (Å²) in [5, 5.41) is 0. The van der Waals surface area contributed by atoms with Crippen LogP contribution in [0.25, 0.3) is 5.82 Å². The minimum Gasteiger partial charge on any atom is -0.497 e. The maximum Gasteiger partial charge on any atom is 0.254 e. The first kappa shape index (κ1) is 16.3. The zero-order chi connectivity index (χ0) is 17.9. The Morgan fingerprint density at radius 3 is 2.96 bits per heavy atom. The lowest BCUT2D eigenvalue weighted by atomic mass is 10.0. The largest absolute Gasteiger partial charge is 0.497 e. The zero-order valence-corrected chi connectivity index (χ0v) is 14.6. The highest BCUT2D eigenvalue weighted by Crippen LogP contribution is 2.34. The van der Waals surface area contributed by atoms with Gasteiger partial charge < -0.3 is 9.64 Å². The predicted octanol–water partition coefficient (Wildman–Crippen LogP) is 3.25. The van der Waals surface area contributed by atoms with Gasteiger partial charge in [-0.05, 0) is 42.7 Å². The molecule has 0 aliphatic carbocycles. The lowest BCUT2D eigenvalue weighted by molar-refractivity contribution is 0.0735. The molecule has 0 N–H and O–H groups in total. The summed E-state index contributed by atoms with van der Waals surface area (Å²) in [5.41, 5.74) is 1.75. The molecule has 3 heterocycles. The van der Waals surface area contributed by atoms with Crippen molar-refractivity contribution in [3.05, 3.63) is 72.4 Å². The maximum atomic E-state index is 13.1. The number of likely N-dealkylation sites (tertiary alicyclic amines) is 1. The van der Waals surface area contributed by atoms with Gasteiger partial charge in [0, 0.05) is 30.7 Å². The first-order valence-electron chi connectivity index (χ1n) is 8.65. The topological polar surface area (TPSA) is 60.2 Å². The van der Waals surface area contributed by atoms with Crippen molar-refractivity contribution in [3.8, 4) is 11.6 Å². The van der Waals surface area contributed by atoms with Gasteiger partial charge in [-0.15, -0.1) is 0 Å². The van der Waals surface area contributed by atoms with Crippen LogP contribution in [0.4, 0.5) is 0 Å². The summed E-state index contributed by atoms with van der Waals surface area (Å²) in [5.74, 6) is 1.53. The number of imidazole rings is 1. The summed E-state index contributed by atoms with van der Waals surface area (Å²) in [6.07, 6.45) is 8.79. The number of methoxy groups -OCH3 is 1. The van der Waals surface area contributed by atoms with Gasteiger partial charge in [-0.2, -0.15) is 0 Å². The number of pyridine rings is 1. The van der Waals surface area contributed by atoms with E-state index >= 15 is 0 Å². The fourth-order valence-electron chi connectivity index (χ4n) is 3.46. The number of carbonyl (C=O) groups is 1. The van der Waals surface area contributed by atoms with E-state index in [0.29, 0.717) is 11.4 Å². The second-order valence-corrected chi connectivity index (χ2v) is 6.31. The molecule has 0 saturated carbocycles. The van der Waals surface area contributed by atoms with E-state index in [2.05, 4.69) is 16.0 Å². The van der Waals surface area contributed by atoms with Crippen LogP contribution in [0.3, 0.4) is 0 Å². The third kappa shape index (κ3) is 3.06. The summed E-state index contributed by atoms with van der Waals surface area (Å²) in [6, 6.07) is 11.6. The minimum atomic E-state index is 0.0269. The van der Waals surface area contributed by atoms with Crippen LogP contribution >= 0.6 is 0 Å². The van der Waals surface area contributed by atoms with Crippen molar-refractivity contribution in [1.29, 1.82) is 0 Å². The molecule has 1 aromatic carbocycles. The van der Waals surface area contributed by atoms with Gasteiger partial charge >= 0.3 is 0 Å². The standard InChI is InChI=1S/C20H20N4O2/c1-26-17-5-2-4-15(12-17)18-6-3-10-24(18)20(25)16-7-8-22-19(13-16)23-11-9-21-14-23/h2,4-5,7-9,11-14,18H,3,6,10H2,1H3. The molecule has 4 rings (SSSR count). The molecule has 132 valence electrons. The first-order chi connectivity index (χ1) is 12.8. The Morgan fingerprint density at radius 1 is 1.23 bits per heavy atom. The highest BCUT2D eigenvalue weighted by atomic mass is 16.5. The lowest BCUT2D eigenvalue weighted by Crippen LogP contribution is -2.30. The van der Waals surface area contributed by atoms with Gasteiger partial charge in [0.2, 0.25) is 0 Å². The first-order valence-corrected chi connectivity index (χ1v) is 8.65. The Morgan fingerprint density at radius 2 is 2.15 bits per heavy atom. The van der Waals surface area contributed by atoms with Gasteiger partial charge in [0.25, 0.3) is 5.91 Å². The van der Waals surface area contributed by atoms with Crippen molar-refractivity contribution < 1.29 is 9.53 Å². The van der Waals surface area contributed by atoms with E-state index in [0.717, 1.165) is 30.7 Å². The fourth-order valence-corrected chi connectivity index (χ4v) is 3.46. The van der Waals surface area contributed by atoms with Crippen molar-refractivity contribution in [2.24, 2.45) is 0 Å². The molecule has 1 atom stereocenters. The molecule has 2 aromatic heterocycles. The van der Waals surface area contributed by atoms with Gasteiger partial charge in [-0.1, -0.05) is 12.1 Å². The third-order valence-corrected chi connectivity index (χ3v) is 4.75. The Balaban J connectivity index is 1.62. The summed E-state index contributed by atoms with van der Waals surface area (Å²) in [4.78, 5) is 23.5. The van der Waals surface area contributed by atoms with E-state index in [4.69, 9.17) is 4.74 Å². The molecule has 0 radical (unpaired) electrons. The molecular weight excluding hydrogens is 328 g/mol. The third-order valence-electron chi connectivity index (χ3n) is 4.75. The van der Waals surface area contributed by atoms with Crippen molar-refractivity contribution in [2.45, 2.75) is 18.9 Å². The summed E-state index contributed by atoms with van der Waals surface area (Å²) >= 11 is 0. The number of aromatic nitrogens is 3. The lowest BCUT2D eigenvalue weighted by Gasteiger charge is -2.25. The van der Waals surface area contributed by atoms with E-state index in [-0.39, 0.29) is 11.9 Å². The SMILES string of the molecule is COc1cccc(C2CCCN2C(=O)c2ccnc(-n3ccnc3)c2)c1. The van der Waals surface area contributed by atoms with Crippen molar-refractivity contribution in [2.75, 3.05) is 13.7 Å². The van der Waals surface area contributed by atoms with E-state index in [9.17, 15) is 4.79 Å². The average molecular weight is 348 g/mol. The fraction of sp³-hybridized carbons (Fsp3) is 0.250. The van der Waals surface area contributed by atoms with Crippen LogP contribution in [0.2, 0.25) is 0 Å². The normalized spacial score (nSPS) is 16.7. The molecule has 1 saturated heterocycles. The van der Waals surface area contributed by atoms with Crippen LogP contribution < -0.4 is 4.74 Å². The highest BCUT2D eigenvalue weighted by Gasteiger charge is 2.31. The minimum absolute atomic E-state index is 0.0269. The molecular formula is C20H20N4O2. The zero-order valence-electron chi connectivity index (χ0n) is 14.6. The Kier molecular flexibility index (Phi) is 4.39. The number of hydrogen-bond donors (Lipinski definition) is 0. The monoisotopic (exact) mass is 348 g/mol. The number of carbonyl (C=O) groups excluding carboxylic acids is 1. The predicted molar refractivity (Wildman–Crippen MR) is 97.4 cm³/mol. The van der Waals surface area contributed by atoms with Crippen LogP contribution in [0.15, 0.2) is 61.3 Å². The molecule has 6 heteroatoms. The Labute approximate surface area is 152 Å². The number of rotatable bonds is 4. The quantitative estimate of drug-likeness (QED) is 0.726. The van der Waals surface area contributed by atoms with E-state index in [1.54, 1.807) is 36.5 Å². The van der Waals surface area contributed by atoms with Gasteiger partial charge in [0.15, 0.2) is 0 Å². The van der Waals surface area contributed by atoms with Gasteiger partial charge in [-0.25, -0.2) is 9.97 Å². The second-order valence-electron chi connectivity index (χ2n) is 6.31. The Hall–Kier alpha value is -3.15. The number of ether oxygens (including phenoxy) is 1. The van der Waals surface area contributed by atoms with Crippen molar-refractivity contribution in [3.63, 3.8) is 0 Å². The maximum absolute atomic E-state index is 13.1. The molecule has 6 nitrogen and oxygen atoms in total. The summed E-state index contributed by atoms with van der Waals surface area (Å²) in [6.45, 7) is 0.753. The molecule has 26 heavy (non-hydrogen) atoms. The van der Waals surface area contributed by atoms with Gasteiger partial charge in [0.05, 0.1) is 13.2 Å². The number of nitrogens with zero attached hydrogens (tertiary/aromatic N) is 4. The summed E-state index contributed by atoms with van der Waals surface area (Å²) < 4.78 is 7.12. The second kappa shape index (κ2) is 7.00. The molecule has 1 aliphatic heterocycles. The molecule has 1 unspecified atom stereocenters. The molecule has 1 aliphatic rings. The van der Waals surface area contributed by atoms with Crippen LogP contribution in [0, 0.1) is 0 Å². The molecule has 1 fully saturated rings. The molecule has 1 amide bonds. The van der Waals surface area contributed by atoms with Crippen molar-refractivity contribution in [1.82, 2.24) is 19.4 Å². The van der Waals surface area contributed by atoms with Crippen LogP contribution in [-0.4, -0.2) is 39.0 Å². The van der Waals surface area contributed by atoms with Gasteiger partial charge in [0.1, 0.15) is 17.9 Å². The average Bonchev–Trinajstić information content (AvgIpc) is 3.39. The summed E-state index contributed by atoms with van der Waals surface area (Å²) in [7, 11) is 1.66. The number of hydrogen-bond acceptors (Lipinski definition) is 4. The number of amides is 1. The van der Waals surface area contributed by atoms with E-state index in [1.807, 2.05) is 35.4 Å². The van der Waals surface area contributed by atoms with Crippen LogP contribution in [-0.2, 0) is 0 Å². The van der Waals surface area contributed by atoms with Crippen molar-refractivity contribution >= 4 is 5.91 Å². The molecule has 0 bridgehead atoms. The van der Waals surface area contributed by atoms with Crippen LogP contribution in [0.5, 0.6) is 5.75 Å². The smallest absolute Gasteiger partial charge is 0.254 e. The molecule has 0 spiro atoms. The highest BCUT2D eigenvalue weighted by molar-refractivity contribution is 5.95. The van der Waals surface area contributed by atoms with E-state index in [1.165, 1.54) is 0 Å².